The summed E-state index contributed by atoms with van der Waals surface area (Å²) in [4.78, 5) is 4.45. The van der Waals surface area contributed by atoms with Gasteiger partial charge in [-0.1, -0.05) is 11.6 Å². The monoisotopic (exact) mass is 329 g/mol. The fourth-order valence-electron chi connectivity index (χ4n) is 2.19. The first kappa shape index (κ1) is 15.4. The molecular weight excluding hydrogens is 314 g/mol. The molecule has 1 heterocycles. The molecule has 118 valence electrons. The Balaban J connectivity index is 1.78. The van der Waals surface area contributed by atoms with Crippen LogP contribution in [0.25, 0.3) is 11.4 Å². The molecule has 0 aliphatic heterocycles. The number of phenols is 1. The van der Waals surface area contributed by atoms with E-state index in [9.17, 15) is 5.11 Å². The molecule has 23 heavy (non-hydrogen) atoms. The Morgan fingerprint density at radius 2 is 1.91 bits per heavy atom. The van der Waals surface area contributed by atoms with Gasteiger partial charge < -0.3 is 9.84 Å². The van der Waals surface area contributed by atoms with Gasteiger partial charge in [-0.15, -0.1) is 0 Å². The molecule has 0 saturated carbocycles. The summed E-state index contributed by atoms with van der Waals surface area (Å²) in [5, 5.41) is 17.1. The standard InChI is InChI=1S/C17H16ClN3O2/c1-10-9-13(18)5-8-15(10)23-11(2)16-19-17(21-20-16)12-3-6-14(22)7-4-12/h3-9,11,22H,1-2H3,(H,19,20,21). The summed E-state index contributed by atoms with van der Waals surface area (Å²) >= 11 is 5.95. The second-order valence-electron chi connectivity index (χ2n) is 5.26. The summed E-state index contributed by atoms with van der Waals surface area (Å²) in [5.74, 6) is 2.15. The molecule has 0 aliphatic rings. The van der Waals surface area contributed by atoms with E-state index in [1.54, 1.807) is 30.3 Å². The first-order valence-corrected chi connectivity index (χ1v) is 7.55. The zero-order chi connectivity index (χ0) is 16.4. The third-order valence-electron chi connectivity index (χ3n) is 3.45. The highest BCUT2D eigenvalue weighted by Gasteiger charge is 2.15. The van der Waals surface area contributed by atoms with E-state index in [-0.39, 0.29) is 11.9 Å². The van der Waals surface area contributed by atoms with Gasteiger partial charge in [0.05, 0.1) is 0 Å². The van der Waals surface area contributed by atoms with Crippen molar-refractivity contribution in [1.82, 2.24) is 15.2 Å². The number of aromatic nitrogens is 3. The smallest absolute Gasteiger partial charge is 0.181 e. The van der Waals surface area contributed by atoms with Gasteiger partial charge >= 0.3 is 0 Å². The molecule has 0 aliphatic carbocycles. The Bertz CT molecular complexity index is 815. The number of benzene rings is 2. The number of phenolic OH excluding ortho intramolecular Hbond substituents is 1. The van der Waals surface area contributed by atoms with E-state index in [1.807, 2.05) is 26.0 Å². The van der Waals surface area contributed by atoms with Gasteiger partial charge in [0, 0.05) is 10.6 Å². The Morgan fingerprint density at radius 1 is 1.17 bits per heavy atom. The number of nitrogens with zero attached hydrogens (tertiary/aromatic N) is 2. The van der Waals surface area contributed by atoms with E-state index in [0.717, 1.165) is 16.9 Å². The van der Waals surface area contributed by atoms with Crippen molar-refractivity contribution in [2.75, 3.05) is 0 Å². The van der Waals surface area contributed by atoms with E-state index in [0.29, 0.717) is 16.7 Å². The molecule has 2 aromatic carbocycles. The fraction of sp³-hybridized carbons (Fsp3) is 0.176. The maximum absolute atomic E-state index is 9.33. The van der Waals surface area contributed by atoms with E-state index in [2.05, 4.69) is 15.2 Å². The van der Waals surface area contributed by atoms with Crippen molar-refractivity contribution in [3.8, 4) is 22.9 Å². The van der Waals surface area contributed by atoms with Gasteiger partial charge in [-0.3, -0.25) is 5.10 Å². The molecule has 0 spiro atoms. The molecule has 0 bridgehead atoms. The minimum Gasteiger partial charge on any atom is -0.508 e. The van der Waals surface area contributed by atoms with Crippen LogP contribution in [-0.4, -0.2) is 20.3 Å². The van der Waals surface area contributed by atoms with Crippen molar-refractivity contribution in [2.24, 2.45) is 0 Å². The third kappa shape index (κ3) is 3.46. The molecule has 1 atom stereocenters. The molecule has 1 unspecified atom stereocenters. The molecule has 5 nitrogen and oxygen atoms in total. The molecule has 0 amide bonds. The minimum atomic E-state index is -0.284. The highest BCUT2D eigenvalue weighted by molar-refractivity contribution is 6.30. The average molecular weight is 330 g/mol. The summed E-state index contributed by atoms with van der Waals surface area (Å²) in [6.07, 6.45) is -0.284. The van der Waals surface area contributed by atoms with Crippen LogP contribution in [0.4, 0.5) is 0 Å². The van der Waals surface area contributed by atoms with E-state index < -0.39 is 0 Å². The van der Waals surface area contributed by atoms with Crippen LogP contribution in [0.1, 0.15) is 24.4 Å². The summed E-state index contributed by atoms with van der Waals surface area (Å²) in [6.45, 7) is 3.84. The van der Waals surface area contributed by atoms with Crippen LogP contribution in [0, 0.1) is 6.92 Å². The predicted molar refractivity (Wildman–Crippen MR) is 88.7 cm³/mol. The van der Waals surface area contributed by atoms with Crippen LogP contribution in [0.15, 0.2) is 42.5 Å². The molecule has 1 aromatic heterocycles. The van der Waals surface area contributed by atoms with Crippen molar-refractivity contribution in [2.45, 2.75) is 20.0 Å². The van der Waals surface area contributed by atoms with Crippen molar-refractivity contribution in [3.05, 3.63) is 58.9 Å². The van der Waals surface area contributed by atoms with Gasteiger partial charge in [0.1, 0.15) is 11.5 Å². The largest absolute Gasteiger partial charge is 0.508 e. The zero-order valence-corrected chi connectivity index (χ0v) is 13.5. The van der Waals surface area contributed by atoms with Crippen molar-refractivity contribution in [1.29, 1.82) is 0 Å². The van der Waals surface area contributed by atoms with E-state index in [1.165, 1.54) is 0 Å². The topological polar surface area (TPSA) is 71.0 Å². The lowest BCUT2D eigenvalue weighted by Crippen LogP contribution is -2.06. The summed E-state index contributed by atoms with van der Waals surface area (Å²) in [5.41, 5.74) is 1.78. The van der Waals surface area contributed by atoms with E-state index >= 15 is 0 Å². The molecule has 3 rings (SSSR count). The molecule has 3 aromatic rings. The maximum Gasteiger partial charge on any atom is 0.181 e. The fourth-order valence-corrected chi connectivity index (χ4v) is 2.41. The van der Waals surface area contributed by atoms with Crippen molar-refractivity contribution in [3.63, 3.8) is 0 Å². The number of nitrogens with one attached hydrogen (secondary N) is 1. The Kier molecular flexibility index (Phi) is 4.21. The second-order valence-corrected chi connectivity index (χ2v) is 5.70. The zero-order valence-electron chi connectivity index (χ0n) is 12.7. The predicted octanol–water partition coefficient (Wildman–Crippen LogP) is 4.28. The molecule has 0 fully saturated rings. The summed E-state index contributed by atoms with van der Waals surface area (Å²) in [6, 6.07) is 12.2. The Labute approximate surface area is 138 Å². The van der Waals surface area contributed by atoms with Gasteiger partial charge in [0.2, 0.25) is 0 Å². The van der Waals surface area contributed by atoms with Gasteiger partial charge in [0.15, 0.2) is 17.8 Å². The van der Waals surface area contributed by atoms with Crippen LogP contribution in [-0.2, 0) is 0 Å². The van der Waals surface area contributed by atoms with Crippen LogP contribution in [0.2, 0.25) is 5.02 Å². The molecule has 6 heteroatoms. The first-order chi connectivity index (χ1) is 11.0. The lowest BCUT2D eigenvalue weighted by atomic mass is 10.2. The number of aromatic hydroxyl groups is 1. The Hall–Kier alpha value is -2.53. The SMILES string of the molecule is Cc1cc(Cl)ccc1OC(C)c1nc(-c2ccc(O)cc2)n[nH]1. The number of rotatable bonds is 4. The Morgan fingerprint density at radius 3 is 2.61 bits per heavy atom. The molecule has 2 N–H and O–H groups in total. The lowest BCUT2D eigenvalue weighted by Gasteiger charge is -2.14. The van der Waals surface area contributed by atoms with Crippen LogP contribution >= 0.6 is 11.6 Å². The number of aromatic amines is 1. The molecule has 0 radical (unpaired) electrons. The lowest BCUT2D eigenvalue weighted by molar-refractivity contribution is 0.215. The van der Waals surface area contributed by atoms with Gasteiger partial charge in [0.25, 0.3) is 0 Å². The molecule has 0 saturated heterocycles. The van der Waals surface area contributed by atoms with Crippen LogP contribution < -0.4 is 4.74 Å². The quantitative estimate of drug-likeness (QED) is 0.749. The van der Waals surface area contributed by atoms with Gasteiger partial charge in [-0.05, 0) is 61.9 Å². The summed E-state index contributed by atoms with van der Waals surface area (Å²) < 4.78 is 5.92. The molecular formula is C17H16ClN3O2. The van der Waals surface area contributed by atoms with Crippen LogP contribution in [0.5, 0.6) is 11.5 Å². The normalized spacial score (nSPS) is 12.1. The van der Waals surface area contributed by atoms with Gasteiger partial charge in [-0.25, -0.2) is 4.98 Å². The number of H-pyrrole nitrogens is 1. The third-order valence-corrected chi connectivity index (χ3v) is 3.69. The maximum atomic E-state index is 9.33. The average Bonchev–Trinajstić information content (AvgIpc) is 3.01. The number of hydrogen-bond acceptors (Lipinski definition) is 4. The van der Waals surface area contributed by atoms with Crippen molar-refractivity contribution >= 4 is 11.6 Å². The highest BCUT2D eigenvalue weighted by Crippen LogP contribution is 2.27. The first-order valence-electron chi connectivity index (χ1n) is 7.17. The minimum absolute atomic E-state index is 0.208. The van der Waals surface area contributed by atoms with Crippen molar-refractivity contribution < 1.29 is 9.84 Å². The second kappa shape index (κ2) is 6.30. The highest BCUT2D eigenvalue weighted by atomic mass is 35.5. The van der Waals surface area contributed by atoms with Crippen LogP contribution in [0.3, 0.4) is 0 Å². The number of ether oxygens (including phenoxy) is 1. The number of hydrogen-bond donors (Lipinski definition) is 2. The summed E-state index contributed by atoms with van der Waals surface area (Å²) in [7, 11) is 0. The number of aryl methyl sites for hydroxylation is 1. The number of halogens is 1. The van der Waals surface area contributed by atoms with Gasteiger partial charge in [-0.2, -0.15) is 5.10 Å². The van der Waals surface area contributed by atoms with E-state index in [4.69, 9.17) is 16.3 Å².